The average Bonchev–Trinajstić information content (AvgIpc) is 3.29. The molecular weight excluding hydrogens is 496 g/mol. The molecule has 0 fully saturated rings. The van der Waals surface area contributed by atoms with E-state index in [1.807, 2.05) is 38.2 Å². The van der Waals surface area contributed by atoms with Crippen LogP contribution in [0.15, 0.2) is 41.4 Å². The summed E-state index contributed by atoms with van der Waals surface area (Å²) in [7, 11) is -0.165. The van der Waals surface area contributed by atoms with Gasteiger partial charge in [0.05, 0.1) is 11.4 Å². The quantitative estimate of drug-likeness (QED) is 0.259. The zero-order valence-corrected chi connectivity index (χ0v) is 21.3. The highest BCUT2D eigenvalue weighted by Crippen LogP contribution is 2.28. The SMILES string of the molecule is Bc1cnn2c(NCCCCNS(=O)(=O)c3c(C)nn(C)c3Cl)cc(-c3ccccc3Cl)nc12. The first-order chi connectivity index (χ1) is 16.2. The van der Waals surface area contributed by atoms with Crippen LogP contribution in [0.2, 0.25) is 10.2 Å². The normalized spacial score (nSPS) is 11.9. The number of hydrogen-bond acceptors (Lipinski definition) is 6. The summed E-state index contributed by atoms with van der Waals surface area (Å²) in [6, 6.07) is 9.48. The highest BCUT2D eigenvalue weighted by Gasteiger charge is 2.24. The number of aromatic nitrogens is 5. The number of nitrogens with one attached hydrogen (secondary N) is 2. The molecule has 13 heteroatoms. The molecule has 3 heterocycles. The van der Waals surface area contributed by atoms with E-state index in [2.05, 4.69) is 20.2 Å². The van der Waals surface area contributed by atoms with E-state index in [-0.39, 0.29) is 16.6 Å². The first-order valence-electron chi connectivity index (χ1n) is 10.7. The Hall–Kier alpha value is -2.60. The third kappa shape index (κ3) is 4.93. The molecule has 0 spiro atoms. The van der Waals surface area contributed by atoms with E-state index in [9.17, 15) is 8.42 Å². The van der Waals surface area contributed by atoms with E-state index in [4.69, 9.17) is 28.2 Å². The number of halogens is 2. The summed E-state index contributed by atoms with van der Waals surface area (Å²) in [5, 5.41) is 12.6. The van der Waals surface area contributed by atoms with Crippen LogP contribution in [0, 0.1) is 6.92 Å². The summed E-state index contributed by atoms with van der Waals surface area (Å²) >= 11 is 12.5. The van der Waals surface area contributed by atoms with Crippen LogP contribution >= 0.6 is 23.2 Å². The van der Waals surface area contributed by atoms with Crippen molar-refractivity contribution in [3.8, 4) is 11.3 Å². The van der Waals surface area contributed by atoms with Gasteiger partial charge in [0, 0.05) is 43.0 Å². The first-order valence-corrected chi connectivity index (χ1v) is 13.0. The third-order valence-corrected chi connectivity index (χ3v) is 7.85. The Bertz CT molecular complexity index is 1450. The van der Waals surface area contributed by atoms with Crippen LogP contribution in [0.1, 0.15) is 18.5 Å². The zero-order chi connectivity index (χ0) is 24.5. The summed E-state index contributed by atoms with van der Waals surface area (Å²) < 4.78 is 30.9. The molecule has 0 saturated carbocycles. The van der Waals surface area contributed by atoms with Gasteiger partial charge in [-0.2, -0.15) is 14.7 Å². The lowest BCUT2D eigenvalue weighted by Crippen LogP contribution is -2.25. The molecule has 3 aromatic heterocycles. The van der Waals surface area contributed by atoms with Crippen LogP contribution in [0.5, 0.6) is 0 Å². The average molecular weight is 520 g/mol. The molecule has 0 saturated heterocycles. The van der Waals surface area contributed by atoms with Crippen LogP contribution in [0.3, 0.4) is 0 Å². The molecule has 9 nitrogen and oxygen atoms in total. The van der Waals surface area contributed by atoms with Gasteiger partial charge in [-0.3, -0.25) is 4.68 Å². The van der Waals surface area contributed by atoms with Gasteiger partial charge in [-0.25, -0.2) is 18.1 Å². The molecule has 4 aromatic rings. The van der Waals surface area contributed by atoms with Crippen LogP contribution in [-0.2, 0) is 17.1 Å². The lowest BCUT2D eigenvalue weighted by Gasteiger charge is -2.12. The number of rotatable bonds is 9. The van der Waals surface area contributed by atoms with Gasteiger partial charge >= 0.3 is 0 Å². The number of aryl methyl sites for hydroxylation is 2. The van der Waals surface area contributed by atoms with Gasteiger partial charge in [0.2, 0.25) is 10.0 Å². The Morgan fingerprint density at radius 3 is 2.59 bits per heavy atom. The van der Waals surface area contributed by atoms with Crippen molar-refractivity contribution in [3.63, 3.8) is 0 Å². The van der Waals surface area contributed by atoms with Crippen molar-refractivity contribution in [1.29, 1.82) is 0 Å². The third-order valence-electron chi connectivity index (χ3n) is 5.37. The predicted octanol–water partition coefficient (Wildman–Crippen LogP) is 2.17. The number of hydrogen-bond donors (Lipinski definition) is 2. The van der Waals surface area contributed by atoms with Crippen LogP contribution in [-0.4, -0.2) is 53.7 Å². The number of fused-ring (bicyclic) bond motifs is 1. The maximum Gasteiger partial charge on any atom is 0.245 e. The van der Waals surface area contributed by atoms with E-state index >= 15 is 0 Å². The molecule has 4 rings (SSSR count). The summed E-state index contributed by atoms with van der Waals surface area (Å²) in [5.74, 6) is 0.784. The largest absolute Gasteiger partial charge is 0.370 e. The van der Waals surface area contributed by atoms with E-state index < -0.39 is 10.0 Å². The topological polar surface area (TPSA) is 106 Å². The summed E-state index contributed by atoms with van der Waals surface area (Å²) in [4.78, 5) is 4.76. The number of sulfonamides is 1. The van der Waals surface area contributed by atoms with E-state index in [0.717, 1.165) is 34.6 Å². The van der Waals surface area contributed by atoms with Gasteiger partial charge in [0.25, 0.3) is 0 Å². The van der Waals surface area contributed by atoms with Crippen molar-refractivity contribution in [1.82, 2.24) is 29.1 Å². The Labute approximate surface area is 208 Å². The van der Waals surface area contributed by atoms with Gasteiger partial charge in [-0.15, -0.1) is 0 Å². The molecule has 0 amide bonds. The minimum absolute atomic E-state index is 0.0233. The molecule has 0 radical (unpaired) electrons. The minimum atomic E-state index is -3.73. The molecular formula is C21H24BCl2N7O2S. The Morgan fingerprint density at radius 1 is 1.15 bits per heavy atom. The predicted molar refractivity (Wildman–Crippen MR) is 137 cm³/mol. The van der Waals surface area contributed by atoms with Gasteiger partial charge in [0.15, 0.2) is 5.65 Å². The lowest BCUT2D eigenvalue weighted by atomic mass is 10.0. The second kappa shape index (κ2) is 9.95. The lowest BCUT2D eigenvalue weighted by molar-refractivity contribution is 0.577. The summed E-state index contributed by atoms with van der Waals surface area (Å²) in [6.45, 7) is 2.52. The molecule has 0 atom stereocenters. The van der Waals surface area contributed by atoms with E-state index in [1.54, 1.807) is 24.7 Å². The van der Waals surface area contributed by atoms with Crippen molar-refractivity contribution >= 4 is 58.0 Å². The maximum atomic E-state index is 12.6. The highest BCUT2D eigenvalue weighted by molar-refractivity contribution is 7.89. The van der Waals surface area contributed by atoms with Crippen LogP contribution in [0.4, 0.5) is 5.82 Å². The monoisotopic (exact) mass is 519 g/mol. The second-order valence-corrected chi connectivity index (χ2v) is 10.4. The fourth-order valence-corrected chi connectivity index (χ4v) is 5.72. The van der Waals surface area contributed by atoms with Crippen molar-refractivity contribution in [2.45, 2.75) is 24.7 Å². The molecule has 178 valence electrons. The van der Waals surface area contributed by atoms with Gasteiger partial charge < -0.3 is 5.32 Å². The van der Waals surface area contributed by atoms with Gasteiger partial charge in [-0.05, 0) is 31.3 Å². The Kier molecular flexibility index (Phi) is 7.18. The molecule has 2 N–H and O–H groups in total. The second-order valence-electron chi connectivity index (χ2n) is 7.93. The zero-order valence-electron chi connectivity index (χ0n) is 19.0. The molecule has 0 aliphatic rings. The molecule has 0 bridgehead atoms. The number of benzene rings is 1. The van der Waals surface area contributed by atoms with Crippen molar-refractivity contribution in [2.24, 2.45) is 7.05 Å². The summed E-state index contributed by atoms with van der Waals surface area (Å²) in [6.07, 6.45) is 3.13. The van der Waals surface area contributed by atoms with Crippen molar-refractivity contribution < 1.29 is 8.42 Å². The first kappa shape index (κ1) is 24.5. The molecule has 0 aliphatic heterocycles. The van der Waals surface area contributed by atoms with Crippen LogP contribution < -0.4 is 15.5 Å². The van der Waals surface area contributed by atoms with Crippen molar-refractivity contribution in [2.75, 3.05) is 18.4 Å². The van der Waals surface area contributed by atoms with Crippen molar-refractivity contribution in [3.05, 3.63) is 52.4 Å². The fraction of sp³-hybridized carbons (Fsp3) is 0.286. The Morgan fingerprint density at radius 2 is 1.88 bits per heavy atom. The maximum absolute atomic E-state index is 12.6. The highest BCUT2D eigenvalue weighted by atomic mass is 35.5. The number of anilines is 1. The summed E-state index contributed by atoms with van der Waals surface area (Å²) in [5.41, 5.74) is 3.66. The number of nitrogens with zero attached hydrogens (tertiary/aromatic N) is 5. The van der Waals surface area contributed by atoms with Gasteiger partial charge in [0.1, 0.15) is 23.7 Å². The van der Waals surface area contributed by atoms with E-state index in [0.29, 0.717) is 23.7 Å². The van der Waals surface area contributed by atoms with Gasteiger partial charge in [-0.1, -0.05) is 41.4 Å². The molecule has 34 heavy (non-hydrogen) atoms. The molecule has 1 aromatic carbocycles. The fourth-order valence-electron chi connectivity index (χ4n) is 3.67. The van der Waals surface area contributed by atoms with E-state index in [1.165, 1.54) is 4.68 Å². The molecule has 0 aliphatic carbocycles. The minimum Gasteiger partial charge on any atom is -0.370 e. The smallest absolute Gasteiger partial charge is 0.245 e. The molecule has 0 unspecified atom stereocenters. The van der Waals surface area contributed by atoms with Crippen LogP contribution in [0.25, 0.3) is 16.9 Å². The number of unbranched alkanes of at least 4 members (excludes halogenated alkanes) is 1. The standard InChI is InChI=1S/C21H24BCl2N7O2S/c1-13-19(20(24)30(2)29-13)34(32,33)27-10-6-5-9-25-18-11-17(14-7-3-4-8-16(14)23)28-21-15(22)12-26-31(18)21/h3-4,7-8,11-12,25,27H,5-6,9-10,22H2,1-2H3. The Balaban J connectivity index is 1.40.